The second kappa shape index (κ2) is 8.94. The van der Waals surface area contributed by atoms with E-state index < -0.39 is 10.0 Å². The Morgan fingerprint density at radius 1 is 1.17 bits per heavy atom. The quantitative estimate of drug-likeness (QED) is 0.635. The number of hydrogen-bond acceptors (Lipinski definition) is 4. The third kappa shape index (κ3) is 4.78. The normalized spacial score (nSPS) is 16.3. The van der Waals surface area contributed by atoms with E-state index in [9.17, 15) is 13.2 Å². The summed E-state index contributed by atoms with van der Waals surface area (Å²) in [5.41, 5.74) is 0. The van der Waals surface area contributed by atoms with Crippen LogP contribution in [0.4, 0.5) is 0 Å². The van der Waals surface area contributed by atoms with Crippen LogP contribution in [0.3, 0.4) is 0 Å². The van der Waals surface area contributed by atoms with Crippen LogP contribution in [-0.4, -0.2) is 63.4 Å². The van der Waals surface area contributed by atoms with E-state index in [-0.39, 0.29) is 10.8 Å². The lowest BCUT2D eigenvalue weighted by Crippen LogP contribution is -2.50. The summed E-state index contributed by atoms with van der Waals surface area (Å²) in [4.78, 5) is 14.2. The van der Waals surface area contributed by atoms with Crippen molar-refractivity contribution in [1.82, 2.24) is 9.21 Å². The molecule has 6 nitrogen and oxygen atoms in total. The number of ether oxygens (including phenoxy) is 1. The smallest absolute Gasteiger partial charge is 0.244 e. The van der Waals surface area contributed by atoms with E-state index in [1.807, 2.05) is 0 Å². The fourth-order valence-corrected chi connectivity index (χ4v) is 5.04. The Balaban J connectivity index is 1.90. The van der Waals surface area contributed by atoms with Gasteiger partial charge in [-0.1, -0.05) is 12.1 Å². The highest BCUT2D eigenvalue weighted by Gasteiger charge is 2.30. The Kier molecular flexibility index (Phi) is 7.21. The molecule has 1 aliphatic rings. The molecular weight excluding hydrogens is 396 g/mol. The molecule has 1 aromatic rings. The van der Waals surface area contributed by atoms with Crippen LogP contribution in [-0.2, 0) is 19.6 Å². The molecule has 0 N–H and O–H groups in total. The molecule has 0 bridgehead atoms. The molecule has 0 radical (unpaired) electrons. The molecule has 0 atom stereocenters. The minimum atomic E-state index is -3.53. The first-order chi connectivity index (χ1) is 11.5. The molecule has 0 saturated carbocycles. The van der Waals surface area contributed by atoms with E-state index in [1.165, 1.54) is 4.31 Å². The van der Waals surface area contributed by atoms with E-state index in [1.54, 1.807) is 36.3 Å². The van der Waals surface area contributed by atoms with Crippen LogP contribution >= 0.6 is 15.9 Å². The summed E-state index contributed by atoms with van der Waals surface area (Å²) in [6.45, 7) is 2.19. The van der Waals surface area contributed by atoms with Crippen LogP contribution in [0.5, 0.6) is 0 Å². The number of carbonyl (C=O) groups excluding carboxylic acids is 1. The van der Waals surface area contributed by atoms with Gasteiger partial charge >= 0.3 is 0 Å². The number of halogens is 1. The van der Waals surface area contributed by atoms with Gasteiger partial charge in [0, 0.05) is 50.8 Å². The zero-order valence-electron chi connectivity index (χ0n) is 13.8. The van der Waals surface area contributed by atoms with Crippen LogP contribution in [0.15, 0.2) is 33.6 Å². The zero-order chi connectivity index (χ0) is 17.6. The highest BCUT2D eigenvalue weighted by Crippen LogP contribution is 2.25. The predicted molar refractivity (Wildman–Crippen MR) is 95.2 cm³/mol. The van der Waals surface area contributed by atoms with Crippen LogP contribution in [0.2, 0.25) is 0 Å². The number of methoxy groups -OCH3 is 1. The van der Waals surface area contributed by atoms with Crippen molar-refractivity contribution >= 4 is 31.9 Å². The van der Waals surface area contributed by atoms with Gasteiger partial charge in [0.25, 0.3) is 0 Å². The lowest BCUT2D eigenvalue weighted by Gasteiger charge is -2.34. The Labute approximate surface area is 151 Å². The summed E-state index contributed by atoms with van der Waals surface area (Å²) in [5.74, 6) is 0.0871. The maximum atomic E-state index is 12.7. The second-order valence-electron chi connectivity index (χ2n) is 5.67. The summed E-state index contributed by atoms with van der Waals surface area (Å²) >= 11 is 3.29. The molecule has 1 saturated heterocycles. The third-order valence-electron chi connectivity index (χ3n) is 4.03. The van der Waals surface area contributed by atoms with Gasteiger partial charge in [-0.05, 0) is 40.9 Å². The minimum absolute atomic E-state index is 0.0871. The lowest BCUT2D eigenvalue weighted by atomic mass is 10.2. The largest absolute Gasteiger partial charge is 0.385 e. The molecular formula is C16H23BrN2O4S. The number of amides is 1. The fourth-order valence-electron chi connectivity index (χ4n) is 2.65. The number of piperazine rings is 1. The number of unbranched alkanes of at least 4 members (excludes halogenated alkanes) is 1. The van der Waals surface area contributed by atoms with Crippen molar-refractivity contribution in [2.24, 2.45) is 0 Å². The fraction of sp³-hybridized carbons (Fsp3) is 0.562. The van der Waals surface area contributed by atoms with Gasteiger partial charge in [0.2, 0.25) is 15.9 Å². The molecule has 0 aliphatic carbocycles. The molecule has 24 heavy (non-hydrogen) atoms. The predicted octanol–water partition coefficient (Wildman–Crippen LogP) is 2.10. The molecule has 1 aliphatic heterocycles. The number of hydrogen-bond donors (Lipinski definition) is 0. The van der Waals surface area contributed by atoms with Gasteiger partial charge in [0.15, 0.2) is 0 Å². The number of sulfonamides is 1. The number of nitrogens with zero attached hydrogens (tertiary/aromatic N) is 2. The Bertz CT molecular complexity index is 658. The molecule has 1 heterocycles. The van der Waals surface area contributed by atoms with Gasteiger partial charge < -0.3 is 9.64 Å². The molecule has 8 heteroatoms. The van der Waals surface area contributed by atoms with E-state index in [0.717, 1.165) is 12.8 Å². The highest BCUT2D eigenvalue weighted by atomic mass is 79.9. The maximum Gasteiger partial charge on any atom is 0.244 e. The van der Waals surface area contributed by atoms with Crippen molar-refractivity contribution < 1.29 is 17.9 Å². The van der Waals surface area contributed by atoms with Crippen molar-refractivity contribution in [1.29, 1.82) is 0 Å². The summed E-state index contributed by atoms with van der Waals surface area (Å²) in [6, 6.07) is 6.79. The Morgan fingerprint density at radius 3 is 2.46 bits per heavy atom. The third-order valence-corrected chi connectivity index (χ3v) is 6.95. The van der Waals surface area contributed by atoms with Gasteiger partial charge in [-0.2, -0.15) is 4.31 Å². The molecule has 0 spiro atoms. The second-order valence-corrected chi connectivity index (χ2v) is 8.43. The summed E-state index contributed by atoms with van der Waals surface area (Å²) < 4.78 is 32.4. The average Bonchev–Trinajstić information content (AvgIpc) is 2.59. The summed E-state index contributed by atoms with van der Waals surface area (Å²) in [5, 5.41) is 0. The maximum absolute atomic E-state index is 12.7. The Hall–Kier alpha value is -0.960. The SMILES string of the molecule is COCCCCC(=O)N1CCN(S(=O)(=O)c2ccccc2Br)CC1. The van der Waals surface area contributed by atoms with Gasteiger partial charge in [-0.15, -0.1) is 0 Å². The van der Waals surface area contributed by atoms with E-state index in [0.29, 0.717) is 43.7 Å². The molecule has 1 amide bonds. The first kappa shape index (κ1) is 19.4. The number of rotatable bonds is 7. The Morgan fingerprint density at radius 2 is 1.83 bits per heavy atom. The van der Waals surface area contributed by atoms with Crippen LogP contribution in [0.25, 0.3) is 0 Å². The summed E-state index contributed by atoms with van der Waals surface area (Å²) in [7, 11) is -1.89. The van der Waals surface area contributed by atoms with Gasteiger partial charge in [0.05, 0.1) is 4.90 Å². The van der Waals surface area contributed by atoms with Crippen molar-refractivity contribution in [3.8, 4) is 0 Å². The highest BCUT2D eigenvalue weighted by molar-refractivity contribution is 9.10. The molecule has 2 rings (SSSR count). The van der Waals surface area contributed by atoms with E-state index in [4.69, 9.17) is 4.74 Å². The first-order valence-corrected chi connectivity index (χ1v) is 10.2. The van der Waals surface area contributed by atoms with E-state index in [2.05, 4.69) is 15.9 Å². The van der Waals surface area contributed by atoms with Crippen molar-refractivity contribution in [2.75, 3.05) is 39.9 Å². The van der Waals surface area contributed by atoms with Gasteiger partial charge in [0.1, 0.15) is 0 Å². The van der Waals surface area contributed by atoms with E-state index >= 15 is 0 Å². The van der Waals surface area contributed by atoms with Crippen molar-refractivity contribution in [3.63, 3.8) is 0 Å². The number of benzene rings is 1. The van der Waals surface area contributed by atoms with Gasteiger partial charge in [-0.25, -0.2) is 8.42 Å². The zero-order valence-corrected chi connectivity index (χ0v) is 16.2. The molecule has 0 unspecified atom stereocenters. The van der Waals surface area contributed by atoms with Crippen LogP contribution in [0.1, 0.15) is 19.3 Å². The average molecular weight is 419 g/mol. The van der Waals surface area contributed by atoms with Gasteiger partial charge in [-0.3, -0.25) is 4.79 Å². The first-order valence-electron chi connectivity index (χ1n) is 7.98. The topological polar surface area (TPSA) is 66.9 Å². The summed E-state index contributed by atoms with van der Waals surface area (Å²) in [6.07, 6.45) is 2.14. The number of carbonyl (C=O) groups is 1. The molecule has 1 aromatic carbocycles. The standard InChI is InChI=1S/C16H23BrN2O4S/c1-23-13-5-4-8-16(20)18-9-11-19(12-10-18)24(21,22)15-7-3-2-6-14(15)17/h2-3,6-7H,4-5,8-13H2,1H3. The molecule has 134 valence electrons. The molecule has 1 fully saturated rings. The monoisotopic (exact) mass is 418 g/mol. The minimum Gasteiger partial charge on any atom is -0.385 e. The van der Waals surface area contributed by atoms with Crippen LogP contribution < -0.4 is 0 Å². The van der Waals surface area contributed by atoms with Crippen molar-refractivity contribution in [3.05, 3.63) is 28.7 Å². The molecule has 0 aromatic heterocycles. The van der Waals surface area contributed by atoms with Crippen molar-refractivity contribution in [2.45, 2.75) is 24.2 Å². The van der Waals surface area contributed by atoms with Crippen LogP contribution in [0, 0.1) is 0 Å². The lowest BCUT2D eigenvalue weighted by molar-refractivity contribution is -0.132.